The molecule has 2 rings (SSSR count). The minimum absolute atomic E-state index is 0.0574. The van der Waals surface area contributed by atoms with Gasteiger partial charge in [-0.15, -0.1) is 11.3 Å². The highest BCUT2D eigenvalue weighted by atomic mass is 32.1. The van der Waals surface area contributed by atoms with Crippen molar-refractivity contribution in [3.8, 4) is 0 Å². The third kappa shape index (κ3) is 3.56. The van der Waals surface area contributed by atoms with Gasteiger partial charge in [0.2, 0.25) is 5.91 Å². The molecule has 1 saturated heterocycles. The predicted molar refractivity (Wildman–Crippen MR) is 75.9 cm³/mol. The fourth-order valence-corrected chi connectivity index (χ4v) is 3.11. The van der Waals surface area contributed by atoms with Crippen molar-refractivity contribution in [1.29, 1.82) is 0 Å². The smallest absolute Gasteiger partial charge is 0.239 e. The summed E-state index contributed by atoms with van der Waals surface area (Å²) >= 11 is 1.77. The molecule has 0 spiro atoms. The first-order valence-electron chi connectivity index (χ1n) is 6.86. The van der Waals surface area contributed by atoms with Gasteiger partial charge in [0.15, 0.2) is 0 Å². The van der Waals surface area contributed by atoms with E-state index in [1.165, 1.54) is 17.7 Å². The number of piperidine rings is 1. The van der Waals surface area contributed by atoms with E-state index in [1.54, 1.807) is 11.3 Å². The quantitative estimate of drug-likeness (QED) is 0.887. The Morgan fingerprint density at radius 1 is 1.56 bits per heavy atom. The Bertz CT molecular complexity index is 358. The molecule has 1 aliphatic rings. The first kappa shape index (κ1) is 13.6. The van der Waals surface area contributed by atoms with Crippen LogP contribution in [0.1, 0.15) is 31.1 Å². The molecule has 0 aliphatic carbocycles. The van der Waals surface area contributed by atoms with E-state index in [4.69, 9.17) is 0 Å². The number of thiophene rings is 1. The number of carbonyl (C=O) groups excluding carboxylic acids is 1. The number of rotatable bonds is 5. The molecule has 1 amide bonds. The summed E-state index contributed by atoms with van der Waals surface area (Å²) in [4.78, 5) is 15.7. The lowest BCUT2D eigenvalue weighted by Gasteiger charge is -2.29. The maximum absolute atomic E-state index is 12.4. The Labute approximate surface area is 113 Å². The van der Waals surface area contributed by atoms with Gasteiger partial charge in [-0.05, 0) is 44.2 Å². The Morgan fingerprint density at radius 3 is 3.06 bits per heavy atom. The number of amides is 1. The molecule has 2 heterocycles. The van der Waals surface area contributed by atoms with Crippen molar-refractivity contribution in [1.82, 2.24) is 10.2 Å². The first-order valence-corrected chi connectivity index (χ1v) is 7.73. The van der Waals surface area contributed by atoms with Crippen molar-refractivity contribution >= 4 is 17.2 Å². The number of likely N-dealkylation sites (N-methyl/N-ethyl adjacent to an activating group) is 1. The topological polar surface area (TPSA) is 32.3 Å². The lowest BCUT2D eigenvalue weighted by molar-refractivity contribution is -0.133. The van der Waals surface area contributed by atoms with Gasteiger partial charge < -0.3 is 10.2 Å². The Kier molecular flexibility index (Phi) is 5.20. The summed E-state index contributed by atoms with van der Waals surface area (Å²) in [6.45, 7) is 4.70. The third-order valence-electron chi connectivity index (χ3n) is 3.51. The van der Waals surface area contributed by atoms with Crippen LogP contribution in [0.3, 0.4) is 0 Å². The number of hydrogen-bond donors (Lipinski definition) is 1. The average molecular weight is 266 g/mol. The fraction of sp³-hybridized carbons (Fsp3) is 0.643. The number of nitrogens with one attached hydrogen (secondary N) is 1. The van der Waals surface area contributed by atoms with Gasteiger partial charge in [0, 0.05) is 18.0 Å². The van der Waals surface area contributed by atoms with Crippen molar-refractivity contribution < 1.29 is 4.79 Å². The van der Waals surface area contributed by atoms with Gasteiger partial charge in [0.05, 0.1) is 6.04 Å². The van der Waals surface area contributed by atoms with E-state index in [2.05, 4.69) is 29.8 Å². The first-order chi connectivity index (χ1) is 8.81. The van der Waals surface area contributed by atoms with Gasteiger partial charge in [0.25, 0.3) is 0 Å². The molecule has 1 aromatic heterocycles. The van der Waals surface area contributed by atoms with Crippen molar-refractivity contribution in [2.45, 2.75) is 38.6 Å². The maximum atomic E-state index is 12.4. The van der Waals surface area contributed by atoms with E-state index in [1.807, 2.05) is 4.90 Å². The summed E-state index contributed by atoms with van der Waals surface area (Å²) in [6, 6.07) is 4.27. The molecule has 4 heteroatoms. The van der Waals surface area contributed by atoms with Crippen LogP contribution in [0.25, 0.3) is 0 Å². The summed E-state index contributed by atoms with van der Waals surface area (Å²) in [5.41, 5.74) is 0. The van der Waals surface area contributed by atoms with Gasteiger partial charge in [-0.2, -0.15) is 0 Å². The van der Waals surface area contributed by atoms with E-state index in [9.17, 15) is 4.79 Å². The van der Waals surface area contributed by atoms with E-state index in [0.29, 0.717) is 0 Å². The fourth-order valence-electron chi connectivity index (χ4n) is 2.41. The number of carbonyl (C=O) groups is 1. The molecule has 0 aromatic carbocycles. The minimum Gasteiger partial charge on any atom is -0.341 e. The Hall–Kier alpha value is -0.870. The summed E-state index contributed by atoms with van der Waals surface area (Å²) in [5.74, 6) is 0.286. The Balaban J connectivity index is 1.85. The molecule has 0 saturated carbocycles. The summed E-state index contributed by atoms with van der Waals surface area (Å²) in [5, 5.41) is 5.43. The summed E-state index contributed by atoms with van der Waals surface area (Å²) in [6.07, 6.45) is 4.34. The monoisotopic (exact) mass is 266 g/mol. The van der Waals surface area contributed by atoms with Gasteiger partial charge in [-0.3, -0.25) is 4.79 Å². The van der Waals surface area contributed by atoms with Crippen LogP contribution >= 0.6 is 11.3 Å². The molecule has 1 N–H and O–H groups in total. The van der Waals surface area contributed by atoms with Gasteiger partial charge in [-0.25, -0.2) is 0 Å². The highest BCUT2D eigenvalue weighted by molar-refractivity contribution is 7.09. The SMILES string of the molecule is CCN(CCc1cccs1)C(=O)[C@H]1CCCCN1. The molecule has 1 aliphatic heterocycles. The molecule has 100 valence electrons. The van der Waals surface area contributed by atoms with Crippen LogP contribution in [0.4, 0.5) is 0 Å². The second-order valence-corrected chi connectivity index (χ2v) is 5.78. The summed E-state index contributed by atoms with van der Waals surface area (Å²) in [7, 11) is 0. The molecular weight excluding hydrogens is 244 g/mol. The van der Waals surface area contributed by atoms with Crippen molar-refractivity contribution in [2.24, 2.45) is 0 Å². The second kappa shape index (κ2) is 6.90. The van der Waals surface area contributed by atoms with Crippen LogP contribution in [0.2, 0.25) is 0 Å². The van der Waals surface area contributed by atoms with Crippen molar-refractivity contribution in [3.05, 3.63) is 22.4 Å². The van der Waals surface area contributed by atoms with E-state index < -0.39 is 0 Å². The minimum atomic E-state index is 0.0574. The van der Waals surface area contributed by atoms with Gasteiger partial charge in [0.1, 0.15) is 0 Å². The maximum Gasteiger partial charge on any atom is 0.239 e. The average Bonchev–Trinajstić information content (AvgIpc) is 2.93. The largest absolute Gasteiger partial charge is 0.341 e. The number of hydrogen-bond acceptors (Lipinski definition) is 3. The third-order valence-corrected chi connectivity index (χ3v) is 4.45. The standard InChI is InChI=1S/C14H22N2OS/c1-2-16(10-8-12-6-5-11-18-12)14(17)13-7-3-4-9-15-13/h5-6,11,13,15H,2-4,7-10H2,1H3/t13-/m1/s1. The van der Waals surface area contributed by atoms with Crippen LogP contribution in [0, 0.1) is 0 Å². The molecule has 0 radical (unpaired) electrons. The molecule has 18 heavy (non-hydrogen) atoms. The summed E-state index contributed by atoms with van der Waals surface area (Å²) < 4.78 is 0. The molecule has 0 bridgehead atoms. The molecule has 3 nitrogen and oxygen atoms in total. The molecular formula is C14H22N2OS. The lowest BCUT2D eigenvalue weighted by Crippen LogP contribution is -2.49. The highest BCUT2D eigenvalue weighted by Crippen LogP contribution is 2.13. The van der Waals surface area contributed by atoms with E-state index in [0.717, 1.165) is 32.5 Å². The highest BCUT2D eigenvalue weighted by Gasteiger charge is 2.24. The zero-order chi connectivity index (χ0) is 12.8. The van der Waals surface area contributed by atoms with Crippen LogP contribution < -0.4 is 5.32 Å². The van der Waals surface area contributed by atoms with Crippen LogP contribution in [0.5, 0.6) is 0 Å². The van der Waals surface area contributed by atoms with Gasteiger partial charge in [-0.1, -0.05) is 12.5 Å². The predicted octanol–water partition coefficient (Wildman–Crippen LogP) is 2.28. The van der Waals surface area contributed by atoms with Crippen molar-refractivity contribution in [3.63, 3.8) is 0 Å². The number of nitrogens with zero attached hydrogens (tertiary/aromatic N) is 1. The van der Waals surface area contributed by atoms with Crippen LogP contribution in [-0.2, 0) is 11.2 Å². The zero-order valence-electron chi connectivity index (χ0n) is 11.0. The van der Waals surface area contributed by atoms with Crippen LogP contribution in [-0.4, -0.2) is 36.5 Å². The van der Waals surface area contributed by atoms with Gasteiger partial charge >= 0.3 is 0 Å². The van der Waals surface area contributed by atoms with Crippen LogP contribution in [0.15, 0.2) is 17.5 Å². The molecule has 0 unspecified atom stereocenters. The normalized spacial score (nSPS) is 19.7. The van der Waals surface area contributed by atoms with E-state index >= 15 is 0 Å². The lowest BCUT2D eigenvalue weighted by atomic mass is 10.0. The van der Waals surface area contributed by atoms with E-state index in [-0.39, 0.29) is 11.9 Å². The van der Waals surface area contributed by atoms with Crippen molar-refractivity contribution in [2.75, 3.05) is 19.6 Å². The zero-order valence-corrected chi connectivity index (χ0v) is 11.8. The Morgan fingerprint density at radius 2 is 2.44 bits per heavy atom. The molecule has 1 fully saturated rings. The molecule has 1 aromatic rings. The molecule has 1 atom stereocenters. The second-order valence-electron chi connectivity index (χ2n) is 4.75.